The van der Waals surface area contributed by atoms with Crippen molar-refractivity contribution in [3.05, 3.63) is 40.4 Å². The molecule has 1 amide bonds. The molecule has 0 atom stereocenters. The van der Waals surface area contributed by atoms with E-state index in [9.17, 15) is 10.1 Å². The van der Waals surface area contributed by atoms with E-state index in [1.54, 1.807) is 6.08 Å². The van der Waals surface area contributed by atoms with E-state index < -0.39 is 5.91 Å². The van der Waals surface area contributed by atoms with Gasteiger partial charge in [-0.3, -0.25) is 10.1 Å². The normalized spacial score (nSPS) is 11.0. The van der Waals surface area contributed by atoms with E-state index in [0.29, 0.717) is 5.13 Å². The molecule has 1 N–H and O–H groups in total. The highest BCUT2D eigenvalue weighted by molar-refractivity contribution is 7.15. The minimum Gasteiger partial charge on any atom is -0.378 e. The first-order chi connectivity index (χ1) is 11.0. The highest BCUT2D eigenvalue weighted by Gasteiger charge is 2.12. The van der Waals surface area contributed by atoms with E-state index in [2.05, 4.69) is 15.5 Å². The Bertz CT molecular complexity index is 756. The number of nitrogens with one attached hydrogen (secondary N) is 1. The van der Waals surface area contributed by atoms with E-state index in [-0.39, 0.29) is 5.57 Å². The largest absolute Gasteiger partial charge is 0.378 e. The average molecular weight is 327 g/mol. The Morgan fingerprint density at radius 2 is 2.04 bits per heavy atom. The van der Waals surface area contributed by atoms with Crippen LogP contribution in [-0.2, 0) is 11.2 Å². The molecule has 0 fully saturated rings. The van der Waals surface area contributed by atoms with Crippen molar-refractivity contribution in [3.8, 4) is 6.07 Å². The van der Waals surface area contributed by atoms with Crippen molar-refractivity contribution >= 4 is 34.1 Å². The third-order valence-corrected chi connectivity index (χ3v) is 4.06. The number of rotatable bonds is 5. The van der Waals surface area contributed by atoms with Gasteiger partial charge in [0.2, 0.25) is 5.13 Å². The molecule has 2 aromatic rings. The van der Waals surface area contributed by atoms with Gasteiger partial charge in [0.1, 0.15) is 16.6 Å². The molecule has 0 saturated carbocycles. The number of nitriles is 1. The van der Waals surface area contributed by atoms with Gasteiger partial charge in [0, 0.05) is 19.8 Å². The summed E-state index contributed by atoms with van der Waals surface area (Å²) in [6.07, 6.45) is 2.31. The lowest BCUT2D eigenvalue weighted by Gasteiger charge is -2.11. The van der Waals surface area contributed by atoms with E-state index in [4.69, 9.17) is 0 Å². The quantitative estimate of drug-likeness (QED) is 0.674. The zero-order valence-electron chi connectivity index (χ0n) is 13.2. The number of amides is 1. The molecule has 6 nitrogen and oxygen atoms in total. The Morgan fingerprint density at radius 3 is 2.57 bits per heavy atom. The fraction of sp³-hybridized carbons (Fsp3) is 0.250. The summed E-state index contributed by atoms with van der Waals surface area (Å²) in [7, 11) is 3.90. The molecule has 0 saturated heterocycles. The Kier molecular flexibility index (Phi) is 5.44. The zero-order chi connectivity index (χ0) is 16.8. The molecular formula is C16H17N5OS. The van der Waals surface area contributed by atoms with Gasteiger partial charge in [-0.25, -0.2) is 0 Å². The number of aryl methyl sites for hydroxylation is 1. The van der Waals surface area contributed by atoms with Gasteiger partial charge in [0.25, 0.3) is 5.91 Å². The van der Waals surface area contributed by atoms with Gasteiger partial charge in [-0.1, -0.05) is 30.4 Å². The molecule has 0 aliphatic rings. The second kappa shape index (κ2) is 7.51. The highest BCUT2D eigenvalue weighted by atomic mass is 32.1. The molecule has 0 aliphatic carbocycles. The maximum Gasteiger partial charge on any atom is 0.268 e. The topological polar surface area (TPSA) is 81.9 Å². The van der Waals surface area contributed by atoms with Crippen LogP contribution < -0.4 is 10.2 Å². The number of carbonyl (C=O) groups is 1. The number of aromatic nitrogens is 2. The molecule has 0 radical (unpaired) electrons. The molecule has 1 heterocycles. The third kappa shape index (κ3) is 4.37. The van der Waals surface area contributed by atoms with E-state index >= 15 is 0 Å². The zero-order valence-corrected chi connectivity index (χ0v) is 14.0. The summed E-state index contributed by atoms with van der Waals surface area (Å²) in [5.74, 6) is -0.483. The first kappa shape index (κ1) is 16.6. The second-order valence-corrected chi connectivity index (χ2v) is 6.03. The summed E-state index contributed by atoms with van der Waals surface area (Å²) >= 11 is 1.30. The highest BCUT2D eigenvalue weighted by Crippen LogP contribution is 2.18. The fourth-order valence-electron chi connectivity index (χ4n) is 1.80. The molecule has 1 aromatic carbocycles. The van der Waals surface area contributed by atoms with Gasteiger partial charge >= 0.3 is 0 Å². The van der Waals surface area contributed by atoms with Crippen molar-refractivity contribution in [2.45, 2.75) is 13.3 Å². The van der Waals surface area contributed by atoms with E-state index in [1.807, 2.05) is 56.3 Å². The number of anilines is 2. The minimum atomic E-state index is -0.483. The molecule has 1 aromatic heterocycles. The van der Waals surface area contributed by atoms with Crippen LogP contribution >= 0.6 is 11.3 Å². The summed E-state index contributed by atoms with van der Waals surface area (Å²) < 4.78 is 0. The van der Waals surface area contributed by atoms with Gasteiger partial charge in [-0.2, -0.15) is 5.26 Å². The van der Waals surface area contributed by atoms with Crippen LogP contribution in [-0.4, -0.2) is 30.2 Å². The molecule has 0 aliphatic heterocycles. The van der Waals surface area contributed by atoms with Crippen molar-refractivity contribution in [3.63, 3.8) is 0 Å². The number of benzene rings is 1. The van der Waals surface area contributed by atoms with Crippen LogP contribution in [0.2, 0.25) is 0 Å². The smallest absolute Gasteiger partial charge is 0.268 e. The summed E-state index contributed by atoms with van der Waals surface area (Å²) in [5, 5.41) is 20.9. The molecule has 118 valence electrons. The van der Waals surface area contributed by atoms with Crippen LogP contribution in [0, 0.1) is 11.3 Å². The van der Waals surface area contributed by atoms with Crippen LogP contribution in [0.5, 0.6) is 0 Å². The van der Waals surface area contributed by atoms with Crippen molar-refractivity contribution in [1.29, 1.82) is 5.26 Å². The Balaban J connectivity index is 2.14. The van der Waals surface area contributed by atoms with Gasteiger partial charge in [0.05, 0.1) is 0 Å². The lowest BCUT2D eigenvalue weighted by Crippen LogP contribution is -2.13. The van der Waals surface area contributed by atoms with Gasteiger partial charge in [0.15, 0.2) is 0 Å². The first-order valence-electron chi connectivity index (χ1n) is 7.06. The first-order valence-corrected chi connectivity index (χ1v) is 7.88. The van der Waals surface area contributed by atoms with Crippen LogP contribution in [0.15, 0.2) is 29.8 Å². The summed E-state index contributed by atoms with van der Waals surface area (Å²) in [6, 6.07) is 9.50. The van der Waals surface area contributed by atoms with Gasteiger partial charge < -0.3 is 4.90 Å². The summed E-state index contributed by atoms with van der Waals surface area (Å²) in [4.78, 5) is 14.1. The molecule has 2 rings (SSSR count). The maximum atomic E-state index is 12.1. The second-order valence-electron chi connectivity index (χ2n) is 4.96. The van der Waals surface area contributed by atoms with Gasteiger partial charge in [-0.15, -0.1) is 10.2 Å². The van der Waals surface area contributed by atoms with Crippen molar-refractivity contribution in [2.75, 3.05) is 24.3 Å². The standard InChI is InChI=1S/C16H17N5OS/c1-4-14-19-20-16(23-14)18-15(22)12(10-17)9-11-5-7-13(8-6-11)21(2)3/h5-9H,4H2,1-3H3,(H,18,20,22)/b12-9+. The fourth-order valence-corrected chi connectivity index (χ4v) is 2.47. The molecule has 0 unspecified atom stereocenters. The monoisotopic (exact) mass is 327 g/mol. The average Bonchev–Trinajstić information content (AvgIpc) is 3.00. The lowest BCUT2D eigenvalue weighted by atomic mass is 10.1. The van der Waals surface area contributed by atoms with E-state index in [0.717, 1.165) is 22.7 Å². The van der Waals surface area contributed by atoms with Crippen molar-refractivity contribution in [1.82, 2.24) is 10.2 Å². The number of nitrogens with zero attached hydrogens (tertiary/aromatic N) is 4. The number of hydrogen-bond acceptors (Lipinski definition) is 6. The van der Waals surface area contributed by atoms with Crippen LogP contribution in [0.3, 0.4) is 0 Å². The molecule has 0 bridgehead atoms. The molecular weight excluding hydrogens is 310 g/mol. The van der Waals surface area contributed by atoms with Gasteiger partial charge in [-0.05, 0) is 30.2 Å². The predicted octanol–water partition coefficient (Wildman–Crippen LogP) is 2.71. The Labute approximate surface area is 139 Å². The number of carbonyl (C=O) groups excluding carboxylic acids is 1. The predicted molar refractivity (Wildman–Crippen MR) is 92.3 cm³/mol. The van der Waals surface area contributed by atoms with Crippen molar-refractivity contribution < 1.29 is 4.79 Å². The van der Waals surface area contributed by atoms with E-state index in [1.165, 1.54) is 11.3 Å². The van der Waals surface area contributed by atoms with Crippen LogP contribution in [0.4, 0.5) is 10.8 Å². The summed E-state index contributed by atoms with van der Waals surface area (Å²) in [6.45, 7) is 1.96. The van der Waals surface area contributed by atoms with Crippen LogP contribution in [0.25, 0.3) is 6.08 Å². The molecule has 7 heteroatoms. The molecule has 0 spiro atoms. The third-order valence-electron chi connectivity index (χ3n) is 3.08. The Morgan fingerprint density at radius 1 is 1.35 bits per heavy atom. The van der Waals surface area contributed by atoms with Crippen LogP contribution in [0.1, 0.15) is 17.5 Å². The van der Waals surface area contributed by atoms with Crippen molar-refractivity contribution in [2.24, 2.45) is 0 Å². The lowest BCUT2D eigenvalue weighted by molar-refractivity contribution is -0.112. The minimum absolute atomic E-state index is 0.0239. The number of hydrogen-bond donors (Lipinski definition) is 1. The SMILES string of the molecule is CCc1nnc(NC(=O)/C(C#N)=C/c2ccc(N(C)C)cc2)s1. The Hall–Kier alpha value is -2.72. The summed E-state index contributed by atoms with van der Waals surface area (Å²) in [5.41, 5.74) is 1.86. The maximum absolute atomic E-state index is 12.1. The molecule has 23 heavy (non-hydrogen) atoms.